The van der Waals surface area contributed by atoms with Gasteiger partial charge in [0.2, 0.25) is 0 Å². The molecule has 0 aliphatic rings. The normalized spacial score (nSPS) is 10.4. The number of nitrogens with one attached hydrogen (secondary N) is 1. The van der Waals surface area contributed by atoms with Gasteiger partial charge in [0.25, 0.3) is 0 Å². The Bertz CT molecular complexity index is 555. The first kappa shape index (κ1) is 13.8. The van der Waals surface area contributed by atoms with Crippen LogP contribution in [0, 0.1) is 5.82 Å². The number of rotatable bonds is 3. The second kappa shape index (κ2) is 6.04. The maximum absolute atomic E-state index is 13.6. The van der Waals surface area contributed by atoms with E-state index in [1.54, 1.807) is 18.2 Å². The van der Waals surface area contributed by atoms with Crippen molar-refractivity contribution in [3.8, 4) is 0 Å². The molecule has 0 atom stereocenters. The van der Waals surface area contributed by atoms with Crippen molar-refractivity contribution in [2.24, 2.45) is 0 Å². The molecule has 0 radical (unpaired) electrons. The fourth-order valence-electron chi connectivity index (χ4n) is 1.53. The van der Waals surface area contributed by atoms with Crippen LogP contribution in [0.4, 0.5) is 10.1 Å². The molecule has 0 saturated heterocycles. The lowest BCUT2D eigenvalue weighted by atomic mass is 10.2. The summed E-state index contributed by atoms with van der Waals surface area (Å²) in [6.45, 7) is 0.456. The molecule has 0 aliphatic heterocycles. The van der Waals surface area contributed by atoms with Crippen molar-refractivity contribution in [3.63, 3.8) is 0 Å². The van der Waals surface area contributed by atoms with Gasteiger partial charge in [0.05, 0.1) is 5.69 Å². The second-order valence-electron chi connectivity index (χ2n) is 3.69. The summed E-state index contributed by atoms with van der Waals surface area (Å²) in [5.41, 5.74) is 1.34. The number of hydrogen-bond acceptors (Lipinski definition) is 1. The first-order valence-electron chi connectivity index (χ1n) is 5.20. The van der Waals surface area contributed by atoms with E-state index >= 15 is 0 Å². The van der Waals surface area contributed by atoms with Gasteiger partial charge in [0.15, 0.2) is 0 Å². The molecule has 1 nitrogen and oxygen atoms in total. The summed E-state index contributed by atoms with van der Waals surface area (Å²) >= 11 is 12.8. The van der Waals surface area contributed by atoms with Crippen LogP contribution in [0.2, 0.25) is 5.02 Å². The van der Waals surface area contributed by atoms with Crippen LogP contribution >= 0.6 is 43.5 Å². The third kappa shape index (κ3) is 3.25. The smallest absolute Gasteiger partial charge is 0.147 e. The van der Waals surface area contributed by atoms with Crippen molar-refractivity contribution < 1.29 is 4.39 Å². The molecule has 0 aromatic heterocycles. The van der Waals surface area contributed by atoms with Crippen LogP contribution in [0.25, 0.3) is 0 Å². The van der Waals surface area contributed by atoms with Crippen molar-refractivity contribution in [1.82, 2.24) is 0 Å². The predicted molar refractivity (Wildman–Crippen MR) is 80.6 cm³/mol. The molecule has 2 rings (SSSR count). The Kier molecular flexibility index (Phi) is 4.65. The van der Waals surface area contributed by atoms with Crippen molar-refractivity contribution in [2.75, 3.05) is 5.32 Å². The van der Waals surface area contributed by atoms with Gasteiger partial charge in [-0.05, 0) is 51.8 Å². The summed E-state index contributed by atoms with van der Waals surface area (Å²) in [6, 6.07) is 10.4. The van der Waals surface area contributed by atoms with E-state index in [9.17, 15) is 4.39 Å². The number of hydrogen-bond donors (Lipinski definition) is 1. The Hall–Kier alpha value is -0.580. The molecule has 0 fully saturated rings. The van der Waals surface area contributed by atoms with E-state index in [1.807, 2.05) is 12.1 Å². The Morgan fingerprint density at radius 3 is 2.67 bits per heavy atom. The maximum Gasteiger partial charge on any atom is 0.147 e. The van der Waals surface area contributed by atoms with E-state index in [4.69, 9.17) is 11.6 Å². The first-order chi connectivity index (χ1) is 8.58. The van der Waals surface area contributed by atoms with Crippen LogP contribution in [-0.4, -0.2) is 0 Å². The lowest BCUT2D eigenvalue weighted by Crippen LogP contribution is -2.02. The van der Waals surface area contributed by atoms with Gasteiger partial charge in [-0.2, -0.15) is 0 Å². The van der Waals surface area contributed by atoms with Crippen molar-refractivity contribution >= 4 is 49.1 Å². The van der Waals surface area contributed by atoms with Crippen LogP contribution in [-0.2, 0) is 6.54 Å². The number of para-hydroxylation sites is 1. The van der Waals surface area contributed by atoms with Crippen molar-refractivity contribution in [3.05, 3.63) is 61.7 Å². The van der Waals surface area contributed by atoms with Gasteiger partial charge in [0, 0.05) is 20.5 Å². The average Bonchev–Trinajstić information content (AvgIpc) is 2.33. The Morgan fingerprint density at radius 2 is 1.94 bits per heavy atom. The molecule has 0 spiro atoms. The molecule has 1 N–H and O–H groups in total. The molecular formula is C13H9Br2ClFN. The highest BCUT2D eigenvalue weighted by atomic mass is 79.9. The molecule has 94 valence electrons. The zero-order chi connectivity index (χ0) is 13.1. The lowest BCUT2D eigenvalue weighted by Gasteiger charge is -2.11. The summed E-state index contributed by atoms with van der Waals surface area (Å²) in [6.07, 6.45) is 0. The largest absolute Gasteiger partial charge is 0.378 e. The Balaban J connectivity index is 2.19. The molecule has 2 aromatic carbocycles. The standard InChI is InChI=1S/C13H9Br2ClFN/c14-9-4-5-11(16)8(6-9)7-18-13-10(15)2-1-3-12(13)17/h1-6,18H,7H2. The highest BCUT2D eigenvalue weighted by Gasteiger charge is 2.07. The van der Waals surface area contributed by atoms with E-state index in [0.29, 0.717) is 21.7 Å². The van der Waals surface area contributed by atoms with Crippen molar-refractivity contribution in [1.29, 1.82) is 0 Å². The highest BCUT2D eigenvalue weighted by Crippen LogP contribution is 2.27. The molecule has 0 amide bonds. The van der Waals surface area contributed by atoms with Crippen LogP contribution in [0.5, 0.6) is 0 Å². The van der Waals surface area contributed by atoms with E-state index in [2.05, 4.69) is 37.2 Å². The Morgan fingerprint density at radius 1 is 1.17 bits per heavy atom. The third-order valence-electron chi connectivity index (χ3n) is 2.43. The predicted octanol–water partition coefficient (Wildman–Crippen LogP) is 5.62. The van der Waals surface area contributed by atoms with Gasteiger partial charge in [-0.15, -0.1) is 0 Å². The third-order valence-corrected chi connectivity index (χ3v) is 3.95. The highest BCUT2D eigenvalue weighted by molar-refractivity contribution is 9.10. The van der Waals surface area contributed by atoms with Crippen molar-refractivity contribution in [2.45, 2.75) is 6.54 Å². The van der Waals surface area contributed by atoms with Crippen LogP contribution in [0.1, 0.15) is 5.56 Å². The van der Waals surface area contributed by atoms with E-state index in [1.165, 1.54) is 6.07 Å². The monoisotopic (exact) mass is 391 g/mol. The quantitative estimate of drug-likeness (QED) is 0.714. The Labute approximate surface area is 127 Å². The number of anilines is 1. The zero-order valence-corrected chi connectivity index (χ0v) is 13.1. The maximum atomic E-state index is 13.6. The molecule has 5 heteroatoms. The molecular weight excluding hydrogens is 384 g/mol. The van der Waals surface area contributed by atoms with E-state index < -0.39 is 0 Å². The summed E-state index contributed by atoms with van der Waals surface area (Å²) in [7, 11) is 0. The van der Waals surface area contributed by atoms with Crippen LogP contribution < -0.4 is 5.32 Å². The minimum Gasteiger partial charge on any atom is -0.378 e. The van der Waals surface area contributed by atoms with Crippen LogP contribution in [0.3, 0.4) is 0 Å². The van der Waals surface area contributed by atoms with Gasteiger partial charge in [-0.3, -0.25) is 0 Å². The topological polar surface area (TPSA) is 12.0 Å². The minimum absolute atomic E-state index is 0.296. The molecule has 0 bridgehead atoms. The summed E-state index contributed by atoms with van der Waals surface area (Å²) < 4.78 is 15.2. The van der Waals surface area contributed by atoms with Gasteiger partial charge < -0.3 is 5.32 Å². The molecule has 0 saturated carbocycles. The van der Waals surface area contributed by atoms with Gasteiger partial charge in [-0.25, -0.2) is 4.39 Å². The average molecular weight is 393 g/mol. The molecule has 0 aliphatic carbocycles. The van der Waals surface area contributed by atoms with Gasteiger partial charge >= 0.3 is 0 Å². The van der Waals surface area contributed by atoms with Gasteiger partial charge in [0.1, 0.15) is 5.82 Å². The molecule has 18 heavy (non-hydrogen) atoms. The fourth-order valence-corrected chi connectivity index (χ4v) is 2.60. The fraction of sp³-hybridized carbons (Fsp3) is 0.0769. The zero-order valence-electron chi connectivity index (χ0n) is 9.18. The summed E-state index contributed by atoms with van der Waals surface area (Å²) in [5, 5.41) is 3.69. The van der Waals surface area contributed by atoms with E-state index in [-0.39, 0.29) is 5.82 Å². The molecule has 0 heterocycles. The minimum atomic E-state index is -0.296. The van der Waals surface area contributed by atoms with Crippen LogP contribution in [0.15, 0.2) is 45.3 Å². The number of halogens is 4. The van der Waals surface area contributed by atoms with E-state index in [0.717, 1.165) is 10.0 Å². The second-order valence-corrected chi connectivity index (χ2v) is 5.86. The summed E-state index contributed by atoms with van der Waals surface area (Å²) in [4.78, 5) is 0. The lowest BCUT2D eigenvalue weighted by molar-refractivity contribution is 0.629. The molecule has 0 unspecified atom stereocenters. The first-order valence-corrected chi connectivity index (χ1v) is 7.16. The summed E-state index contributed by atoms with van der Waals surface area (Å²) in [5.74, 6) is -0.296. The van der Waals surface area contributed by atoms with Gasteiger partial charge in [-0.1, -0.05) is 33.6 Å². The molecule has 2 aromatic rings. The SMILES string of the molecule is Fc1cccc(Br)c1NCc1cc(Br)ccc1Cl. The number of benzene rings is 2.